The zero-order valence-electron chi connectivity index (χ0n) is 14.5. The number of halogens is 1. The summed E-state index contributed by atoms with van der Waals surface area (Å²) in [6.45, 7) is 1.65. The number of carbonyl (C=O) groups excluding carboxylic acids is 2. The van der Waals surface area contributed by atoms with Gasteiger partial charge in [0.15, 0.2) is 0 Å². The normalized spacial score (nSPS) is 17.0. The fraction of sp³-hybridized carbons (Fsp3) is 0.579. The molecule has 2 amide bonds. The second-order valence-electron chi connectivity index (χ2n) is 7.10. The van der Waals surface area contributed by atoms with Crippen LogP contribution in [0.1, 0.15) is 44.1 Å². The summed E-state index contributed by atoms with van der Waals surface area (Å²) in [5.74, 6) is 0.566. The lowest BCUT2D eigenvalue weighted by Crippen LogP contribution is -2.33. The Morgan fingerprint density at radius 2 is 1.96 bits per heavy atom. The monoisotopic (exact) mass is 363 g/mol. The van der Waals surface area contributed by atoms with Gasteiger partial charge in [0, 0.05) is 35.6 Å². The molecule has 2 aliphatic carbocycles. The van der Waals surface area contributed by atoms with Gasteiger partial charge in [0.25, 0.3) is 0 Å². The van der Waals surface area contributed by atoms with Gasteiger partial charge in [-0.25, -0.2) is 0 Å². The first-order chi connectivity index (χ1) is 12.1. The summed E-state index contributed by atoms with van der Waals surface area (Å²) in [4.78, 5) is 26.5. The van der Waals surface area contributed by atoms with E-state index in [1.165, 1.54) is 0 Å². The van der Waals surface area contributed by atoms with Crippen LogP contribution in [0.15, 0.2) is 18.2 Å². The minimum absolute atomic E-state index is 0.0774. The summed E-state index contributed by atoms with van der Waals surface area (Å²) in [6, 6.07) is 5.49. The van der Waals surface area contributed by atoms with Crippen LogP contribution in [-0.4, -0.2) is 29.8 Å². The van der Waals surface area contributed by atoms with E-state index in [1.807, 2.05) is 17.0 Å². The highest BCUT2D eigenvalue weighted by molar-refractivity contribution is 6.31. The number of rotatable bonds is 8. The average Bonchev–Trinajstić information content (AvgIpc) is 3.36. The molecule has 0 aliphatic heterocycles. The topological polar surface area (TPSA) is 75.4 Å². The molecule has 0 heterocycles. The third kappa shape index (κ3) is 4.73. The van der Waals surface area contributed by atoms with Gasteiger partial charge in [0.05, 0.1) is 0 Å². The number of hydrogen-bond donors (Lipinski definition) is 2. The summed E-state index contributed by atoms with van der Waals surface area (Å²) in [5, 5.41) is 3.59. The molecule has 3 rings (SSSR count). The maximum atomic E-state index is 12.5. The molecule has 0 saturated heterocycles. The SMILES string of the molecule is NCCCN(Cc1cc(NC(=O)C2CCC2)ccc1Cl)C(=O)C1CC1. The van der Waals surface area contributed by atoms with Crippen molar-refractivity contribution in [1.82, 2.24) is 4.90 Å². The Bertz CT molecular complexity index is 642. The van der Waals surface area contributed by atoms with Gasteiger partial charge in [-0.2, -0.15) is 0 Å². The molecule has 0 aromatic heterocycles. The Balaban J connectivity index is 1.69. The van der Waals surface area contributed by atoms with Gasteiger partial charge in [0.1, 0.15) is 0 Å². The number of anilines is 1. The Morgan fingerprint density at radius 1 is 1.20 bits per heavy atom. The predicted octanol–water partition coefficient (Wildman–Crippen LogP) is 3.17. The van der Waals surface area contributed by atoms with E-state index in [1.54, 1.807) is 6.07 Å². The summed E-state index contributed by atoms with van der Waals surface area (Å²) in [6.07, 6.45) is 5.79. The van der Waals surface area contributed by atoms with Crippen LogP contribution in [0.2, 0.25) is 5.02 Å². The minimum atomic E-state index is 0.0774. The fourth-order valence-electron chi connectivity index (χ4n) is 3.03. The van der Waals surface area contributed by atoms with Gasteiger partial charge in [-0.15, -0.1) is 0 Å². The average molecular weight is 364 g/mol. The Morgan fingerprint density at radius 3 is 2.56 bits per heavy atom. The summed E-state index contributed by atoms with van der Waals surface area (Å²) >= 11 is 6.34. The van der Waals surface area contributed by atoms with Crippen LogP contribution < -0.4 is 11.1 Å². The lowest BCUT2D eigenvalue weighted by molar-refractivity contribution is -0.133. The van der Waals surface area contributed by atoms with Crippen molar-refractivity contribution in [3.8, 4) is 0 Å². The van der Waals surface area contributed by atoms with Crippen LogP contribution >= 0.6 is 11.6 Å². The second kappa shape index (κ2) is 8.19. The van der Waals surface area contributed by atoms with Gasteiger partial charge >= 0.3 is 0 Å². The van der Waals surface area contributed by atoms with Crippen LogP contribution in [-0.2, 0) is 16.1 Å². The molecular formula is C19H26ClN3O2. The fourth-order valence-corrected chi connectivity index (χ4v) is 3.21. The number of carbonyl (C=O) groups is 2. The standard InChI is InChI=1S/C19H26ClN3O2/c20-17-8-7-16(22-18(24)13-3-1-4-13)11-15(17)12-23(10-2-9-21)19(25)14-5-6-14/h7-8,11,13-14H,1-6,9-10,12,21H2,(H,22,24). The first-order valence-corrected chi connectivity index (χ1v) is 9.54. The molecule has 2 aliphatic rings. The van der Waals surface area contributed by atoms with Crippen molar-refractivity contribution in [3.05, 3.63) is 28.8 Å². The quantitative estimate of drug-likeness (QED) is 0.744. The van der Waals surface area contributed by atoms with Crippen LogP contribution in [0.25, 0.3) is 0 Å². The first-order valence-electron chi connectivity index (χ1n) is 9.16. The maximum absolute atomic E-state index is 12.5. The molecule has 2 saturated carbocycles. The summed E-state index contributed by atoms with van der Waals surface area (Å²) in [7, 11) is 0. The molecule has 0 spiro atoms. The molecule has 136 valence electrons. The molecular weight excluding hydrogens is 338 g/mol. The molecule has 0 radical (unpaired) electrons. The number of amides is 2. The van der Waals surface area contributed by atoms with E-state index < -0.39 is 0 Å². The summed E-state index contributed by atoms with van der Waals surface area (Å²) < 4.78 is 0. The first kappa shape index (κ1) is 18.2. The Kier molecular flexibility index (Phi) is 5.97. The number of hydrogen-bond acceptors (Lipinski definition) is 3. The molecule has 6 heteroatoms. The van der Waals surface area contributed by atoms with Crippen LogP contribution in [0.5, 0.6) is 0 Å². The maximum Gasteiger partial charge on any atom is 0.227 e. The molecule has 5 nitrogen and oxygen atoms in total. The van der Waals surface area contributed by atoms with Crippen molar-refractivity contribution < 1.29 is 9.59 Å². The number of benzene rings is 1. The summed E-state index contributed by atoms with van der Waals surface area (Å²) in [5.41, 5.74) is 7.21. The van der Waals surface area contributed by atoms with Crippen molar-refractivity contribution in [2.75, 3.05) is 18.4 Å². The molecule has 1 aromatic rings. The van der Waals surface area contributed by atoms with Crippen LogP contribution in [0.3, 0.4) is 0 Å². The van der Waals surface area contributed by atoms with E-state index in [0.717, 1.165) is 49.8 Å². The highest BCUT2D eigenvalue weighted by Gasteiger charge is 2.33. The second-order valence-corrected chi connectivity index (χ2v) is 7.51. The minimum Gasteiger partial charge on any atom is -0.338 e. The molecule has 1 aromatic carbocycles. The molecule has 0 unspecified atom stereocenters. The smallest absolute Gasteiger partial charge is 0.227 e. The van der Waals surface area contributed by atoms with E-state index in [-0.39, 0.29) is 23.7 Å². The molecule has 3 N–H and O–H groups in total. The zero-order valence-corrected chi connectivity index (χ0v) is 15.2. The van der Waals surface area contributed by atoms with Gasteiger partial charge in [-0.3, -0.25) is 9.59 Å². The van der Waals surface area contributed by atoms with E-state index in [2.05, 4.69) is 5.32 Å². The third-order valence-corrected chi connectivity index (χ3v) is 5.39. The lowest BCUT2D eigenvalue weighted by Gasteiger charge is -2.25. The molecule has 25 heavy (non-hydrogen) atoms. The Hall–Kier alpha value is -1.59. The van der Waals surface area contributed by atoms with Crippen molar-refractivity contribution >= 4 is 29.1 Å². The predicted molar refractivity (Wildman–Crippen MR) is 99.2 cm³/mol. The van der Waals surface area contributed by atoms with Crippen molar-refractivity contribution in [1.29, 1.82) is 0 Å². The van der Waals surface area contributed by atoms with E-state index in [9.17, 15) is 9.59 Å². The highest BCUT2D eigenvalue weighted by Crippen LogP contribution is 2.33. The molecule has 0 bridgehead atoms. The van der Waals surface area contributed by atoms with Crippen LogP contribution in [0.4, 0.5) is 5.69 Å². The van der Waals surface area contributed by atoms with E-state index in [4.69, 9.17) is 17.3 Å². The van der Waals surface area contributed by atoms with E-state index >= 15 is 0 Å². The lowest BCUT2D eigenvalue weighted by atomic mass is 9.85. The van der Waals surface area contributed by atoms with E-state index in [0.29, 0.717) is 24.7 Å². The number of nitrogens with zero attached hydrogens (tertiary/aromatic N) is 1. The molecule has 2 fully saturated rings. The van der Waals surface area contributed by atoms with Crippen molar-refractivity contribution in [2.24, 2.45) is 17.6 Å². The van der Waals surface area contributed by atoms with Gasteiger partial charge in [-0.1, -0.05) is 18.0 Å². The number of nitrogens with two attached hydrogens (primary N) is 1. The van der Waals surface area contributed by atoms with Crippen molar-refractivity contribution in [2.45, 2.75) is 45.1 Å². The third-order valence-electron chi connectivity index (χ3n) is 5.02. The van der Waals surface area contributed by atoms with Gasteiger partial charge < -0.3 is 16.0 Å². The zero-order chi connectivity index (χ0) is 17.8. The van der Waals surface area contributed by atoms with Crippen LogP contribution in [0, 0.1) is 11.8 Å². The van der Waals surface area contributed by atoms with Crippen molar-refractivity contribution in [3.63, 3.8) is 0 Å². The molecule has 0 atom stereocenters. The largest absolute Gasteiger partial charge is 0.338 e. The van der Waals surface area contributed by atoms with Gasteiger partial charge in [0.2, 0.25) is 11.8 Å². The highest BCUT2D eigenvalue weighted by atomic mass is 35.5. The van der Waals surface area contributed by atoms with Gasteiger partial charge in [-0.05, 0) is 62.4 Å². The number of nitrogens with one attached hydrogen (secondary N) is 1. The Labute approximate surface area is 153 Å².